The van der Waals surface area contributed by atoms with Gasteiger partial charge in [-0.15, -0.1) is 0 Å². The number of methoxy groups -OCH3 is 3. The molecule has 0 saturated carbocycles. The standard InChI is InChI=1S/C13H19NO4/c1-15-10-7-9-11(8(14)5-4-6-18-9)13(17-3)12(10)16-2/h7-8H,4-6,14H2,1-3H3/t8-/m1/s1. The minimum atomic E-state index is -0.114. The molecule has 1 aliphatic rings. The molecule has 0 aliphatic carbocycles. The maximum atomic E-state index is 6.18. The van der Waals surface area contributed by atoms with Crippen molar-refractivity contribution in [3.63, 3.8) is 0 Å². The molecule has 5 heteroatoms. The molecule has 0 amide bonds. The first kappa shape index (κ1) is 12.8. The van der Waals surface area contributed by atoms with Gasteiger partial charge in [0, 0.05) is 12.1 Å². The normalized spacial score (nSPS) is 18.3. The summed E-state index contributed by atoms with van der Waals surface area (Å²) in [5.74, 6) is 2.46. The molecule has 5 nitrogen and oxygen atoms in total. The Bertz CT molecular complexity index is 433. The molecule has 0 bridgehead atoms. The number of ether oxygens (including phenoxy) is 4. The quantitative estimate of drug-likeness (QED) is 0.891. The molecule has 0 fully saturated rings. The molecule has 18 heavy (non-hydrogen) atoms. The lowest BCUT2D eigenvalue weighted by atomic mass is 10.0. The predicted molar refractivity (Wildman–Crippen MR) is 67.8 cm³/mol. The average molecular weight is 253 g/mol. The van der Waals surface area contributed by atoms with Crippen LogP contribution < -0.4 is 24.7 Å². The van der Waals surface area contributed by atoms with Crippen molar-refractivity contribution < 1.29 is 18.9 Å². The smallest absolute Gasteiger partial charge is 0.203 e. The number of hydrogen-bond donors (Lipinski definition) is 1. The molecule has 1 heterocycles. The van der Waals surface area contributed by atoms with Gasteiger partial charge in [-0.3, -0.25) is 0 Å². The largest absolute Gasteiger partial charge is 0.493 e. The zero-order valence-electron chi connectivity index (χ0n) is 11.0. The first-order valence-electron chi connectivity index (χ1n) is 5.94. The average Bonchev–Trinajstić information content (AvgIpc) is 2.58. The maximum Gasteiger partial charge on any atom is 0.203 e. The van der Waals surface area contributed by atoms with Crippen molar-refractivity contribution in [3.8, 4) is 23.0 Å². The fourth-order valence-electron chi connectivity index (χ4n) is 2.26. The third-order valence-corrected chi connectivity index (χ3v) is 3.12. The van der Waals surface area contributed by atoms with E-state index in [1.807, 2.05) is 6.07 Å². The minimum absolute atomic E-state index is 0.114. The van der Waals surface area contributed by atoms with Crippen molar-refractivity contribution in [2.45, 2.75) is 18.9 Å². The van der Waals surface area contributed by atoms with Gasteiger partial charge < -0.3 is 24.7 Å². The predicted octanol–water partition coefficient (Wildman–Crippen LogP) is 1.88. The summed E-state index contributed by atoms with van der Waals surface area (Å²) in [6, 6.07) is 1.69. The van der Waals surface area contributed by atoms with E-state index < -0.39 is 0 Å². The molecule has 0 spiro atoms. The van der Waals surface area contributed by atoms with E-state index in [1.54, 1.807) is 21.3 Å². The second-order valence-corrected chi connectivity index (χ2v) is 4.15. The number of fused-ring (bicyclic) bond motifs is 1. The highest BCUT2D eigenvalue weighted by molar-refractivity contribution is 5.62. The van der Waals surface area contributed by atoms with Gasteiger partial charge in [-0.2, -0.15) is 0 Å². The van der Waals surface area contributed by atoms with E-state index in [2.05, 4.69) is 0 Å². The number of hydrogen-bond acceptors (Lipinski definition) is 5. The van der Waals surface area contributed by atoms with Crippen LogP contribution in [0, 0.1) is 0 Å². The van der Waals surface area contributed by atoms with Crippen LogP contribution in [0.1, 0.15) is 24.4 Å². The van der Waals surface area contributed by atoms with E-state index in [1.165, 1.54) is 0 Å². The molecule has 1 aromatic carbocycles. The van der Waals surface area contributed by atoms with Gasteiger partial charge in [0.1, 0.15) is 5.75 Å². The van der Waals surface area contributed by atoms with Gasteiger partial charge in [0.15, 0.2) is 11.5 Å². The second kappa shape index (κ2) is 5.35. The topological polar surface area (TPSA) is 62.9 Å². The Morgan fingerprint density at radius 2 is 1.89 bits per heavy atom. The summed E-state index contributed by atoms with van der Waals surface area (Å²) in [7, 11) is 4.76. The van der Waals surface area contributed by atoms with Gasteiger partial charge in [0.2, 0.25) is 5.75 Å². The summed E-state index contributed by atoms with van der Waals surface area (Å²) in [5, 5.41) is 0. The zero-order chi connectivity index (χ0) is 13.1. The molecule has 100 valence electrons. The SMILES string of the molecule is COc1cc2c(c(OC)c1OC)[C@H](N)CCCO2. The Balaban J connectivity index is 2.64. The van der Waals surface area contributed by atoms with Crippen LogP contribution in [-0.2, 0) is 0 Å². The molecule has 2 N–H and O–H groups in total. The van der Waals surface area contributed by atoms with E-state index in [0.29, 0.717) is 23.9 Å². The summed E-state index contributed by atoms with van der Waals surface area (Å²) in [6.07, 6.45) is 1.78. The van der Waals surface area contributed by atoms with Crippen molar-refractivity contribution >= 4 is 0 Å². The van der Waals surface area contributed by atoms with Crippen LogP contribution in [0.15, 0.2) is 6.07 Å². The molecule has 0 aromatic heterocycles. The van der Waals surface area contributed by atoms with Gasteiger partial charge in [-0.05, 0) is 12.8 Å². The molecule has 0 unspecified atom stereocenters. The molecule has 0 radical (unpaired) electrons. The van der Waals surface area contributed by atoms with Crippen molar-refractivity contribution in [1.29, 1.82) is 0 Å². The molecular weight excluding hydrogens is 234 g/mol. The third kappa shape index (κ3) is 2.06. The summed E-state index contributed by atoms with van der Waals surface area (Å²) >= 11 is 0. The monoisotopic (exact) mass is 253 g/mol. The Hall–Kier alpha value is -1.62. The third-order valence-electron chi connectivity index (χ3n) is 3.12. The van der Waals surface area contributed by atoms with Gasteiger partial charge >= 0.3 is 0 Å². The van der Waals surface area contributed by atoms with E-state index in [9.17, 15) is 0 Å². The zero-order valence-corrected chi connectivity index (χ0v) is 11.0. The summed E-state index contributed by atoms with van der Waals surface area (Å²) in [6.45, 7) is 0.652. The molecule has 1 atom stereocenters. The van der Waals surface area contributed by atoms with Crippen LogP contribution in [0.3, 0.4) is 0 Å². The maximum absolute atomic E-state index is 6.18. The minimum Gasteiger partial charge on any atom is -0.493 e. The fourth-order valence-corrected chi connectivity index (χ4v) is 2.26. The van der Waals surface area contributed by atoms with E-state index in [0.717, 1.165) is 24.2 Å². The first-order chi connectivity index (χ1) is 8.72. The van der Waals surface area contributed by atoms with Crippen molar-refractivity contribution in [2.75, 3.05) is 27.9 Å². The van der Waals surface area contributed by atoms with Gasteiger partial charge in [0.25, 0.3) is 0 Å². The summed E-state index contributed by atoms with van der Waals surface area (Å²) < 4.78 is 21.8. The lowest BCUT2D eigenvalue weighted by molar-refractivity contribution is 0.300. The van der Waals surface area contributed by atoms with Crippen molar-refractivity contribution in [1.82, 2.24) is 0 Å². The van der Waals surface area contributed by atoms with Crippen LogP contribution in [0.25, 0.3) is 0 Å². The molecule has 0 saturated heterocycles. The van der Waals surface area contributed by atoms with Crippen LogP contribution in [-0.4, -0.2) is 27.9 Å². The lowest BCUT2D eigenvalue weighted by Gasteiger charge is -2.20. The lowest BCUT2D eigenvalue weighted by Crippen LogP contribution is -2.11. The fraction of sp³-hybridized carbons (Fsp3) is 0.538. The van der Waals surface area contributed by atoms with Crippen molar-refractivity contribution in [2.24, 2.45) is 5.73 Å². The first-order valence-corrected chi connectivity index (χ1v) is 5.94. The highest BCUT2D eigenvalue weighted by Crippen LogP contribution is 2.48. The molecular formula is C13H19NO4. The van der Waals surface area contributed by atoms with Gasteiger partial charge in [-0.25, -0.2) is 0 Å². The van der Waals surface area contributed by atoms with Crippen molar-refractivity contribution in [3.05, 3.63) is 11.6 Å². The Labute approximate surface area is 107 Å². The highest BCUT2D eigenvalue weighted by Gasteiger charge is 2.27. The molecule has 1 aliphatic heterocycles. The highest BCUT2D eigenvalue weighted by atomic mass is 16.5. The number of nitrogens with two attached hydrogens (primary N) is 1. The summed E-state index contributed by atoms with van der Waals surface area (Å²) in [4.78, 5) is 0. The molecule has 1 aromatic rings. The van der Waals surface area contributed by atoms with E-state index in [-0.39, 0.29) is 6.04 Å². The van der Waals surface area contributed by atoms with E-state index >= 15 is 0 Å². The van der Waals surface area contributed by atoms with Crippen LogP contribution in [0.2, 0.25) is 0 Å². The Morgan fingerprint density at radius 3 is 2.50 bits per heavy atom. The van der Waals surface area contributed by atoms with Gasteiger partial charge in [-0.1, -0.05) is 0 Å². The van der Waals surface area contributed by atoms with Crippen LogP contribution >= 0.6 is 0 Å². The Morgan fingerprint density at radius 1 is 1.17 bits per heavy atom. The molecule has 2 rings (SSSR count). The van der Waals surface area contributed by atoms with Crippen LogP contribution in [0.5, 0.6) is 23.0 Å². The van der Waals surface area contributed by atoms with E-state index in [4.69, 9.17) is 24.7 Å². The summed E-state index contributed by atoms with van der Waals surface area (Å²) in [5.41, 5.74) is 7.04. The van der Waals surface area contributed by atoms with Crippen LogP contribution in [0.4, 0.5) is 0 Å². The number of rotatable bonds is 3. The van der Waals surface area contributed by atoms with Gasteiger partial charge in [0.05, 0.1) is 33.5 Å². The number of benzene rings is 1. The second-order valence-electron chi connectivity index (χ2n) is 4.15. The Kier molecular flexibility index (Phi) is 3.81.